The Labute approximate surface area is 266 Å². The van der Waals surface area contributed by atoms with Gasteiger partial charge in [-0.2, -0.15) is 0 Å². The maximum absolute atomic E-state index is 13.1. The summed E-state index contributed by atoms with van der Waals surface area (Å²) in [5, 5.41) is 43.5. The Kier molecular flexibility index (Phi) is 15.4. The molecule has 0 fully saturated rings. The number of hydrogen-bond acceptors (Lipinski definition) is 9. The Morgan fingerprint density at radius 2 is 1.31 bits per heavy atom. The van der Waals surface area contributed by atoms with Crippen LogP contribution in [0.5, 0.6) is 0 Å². The smallest absolute Gasteiger partial charge is 0.407 e. The first kappa shape index (κ1) is 37.6. The number of alkyl carbamates (subject to hydrolysis) is 1. The Hall–Kier alpha value is -3.55. The van der Waals surface area contributed by atoms with Gasteiger partial charge in [-0.3, -0.25) is 14.9 Å². The minimum atomic E-state index is -1.24. The normalized spacial score (nSPS) is 15.8. The molecule has 0 bridgehead atoms. The number of nitrogens with one attached hydrogen (secondary N) is 4. The number of amides is 3. The highest BCUT2D eigenvalue weighted by molar-refractivity contribution is 5.89. The minimum Gasteiger partial charge on any atom is -0.444 e. The predicted molar refractivity (Wildman–Crippen MR) is 172 cm³/mol. The van der Waals surface area contributed by atoms with Crippen LogP contribution in [0.25, 0.3) is 0 Å². The van der Waals surface area contributed by atoms with Gasteiger partial charge in [-0.1, -0.05) is 74.5 Å². The molecule has 45 heavy (non-hydrogen) atoms. The fourth-order valence-electron chi connectivity index (χ4n) is 4.72. The Morgan fingerprint density at radius 3 is 1.76 bits per heavy atom. The number of primary amides is 1. The standard InChI is InChI=1S/C33H51N5O7/c1-21(2)29(31(43)37-26(20-39)30(34)42)36-24(16-22-12-8-6-9-13-22)27(40)18-35-19-28(41)25(17-23-14-10-7-11-15-23)38-32(44)45-33(3,4)5/h6-15,21,24-29,35-36,39-41H,16-20H2,1-5H3,(H2,34,42)(H,37,43)(H,38,44)/t24-,25-,26+,27?,28?,29+/m1/s1. The summed E-state index contributed by atoms with van der Waals surface area (Å²) in [4.78, 5) is 37.3. The Balaban J connectivity index is 2.14. The molecular weight excluding hydrogens is 578 g/mol. The molecule has 0 heterocycles. The van der Waals surface area contributed by atoms with Crippen LogP contribution in [-0.4, -0.2) is 94.9 Å². The average Bonchev–Trinajstić information content (AvgIpc) is 2.97. The number of ether oxygens (including phenoxy) is 1. The molecule has 0 radical (unpaired) electrons. The SMILES string of the molecule is CC(C)[C@H](N[C@H](Cc1ccccc1)C(O)CNCC(O)[C@@H](Cc1ccccc1)NC(=O)OC(C)(C)C)C(=O)N[C@@H](CO)C(N)=O. The molecule has 6 atom stereocenters. The van der Waals surface area contributed by atoms with Gasteiger partial charge in [-0.25, -0.2) is 4.79 Å². The summed E-state index contributed by atoms with van der Waals surface area (Å²) in [5.74, 6) is -1.63. The summed E-state index contributed by atoms with van der Waals surface area (Å²) < 4.78 is 5.40. The number of carbonyl (C=O) groups is 3. The summed E-state index contributed by atoms with van der Waals surface area (Å²) >= 11 is 0. The highest BCUT2D eigenvalue weighted by Gasteiger charge is 2.31. The lowest BCUT2D eigenvalue weighted by molar-refractivity contribution is -0.130. The molecule has 2 aromatic carbocycles. The van der Waals surface area contributed by atoms with Crippen LogP contribution < -0.4 is 27.0 Å². The van der Waals surface area contributed by atoms with Crippen molar-refractivity contribution >= 4 is 17.9 Å². The number of rotatable bonds is 18. The molecule has 0 aliphatic rings. The van der Waals surface area contributed by atoms with Crippen LogP contribution in [0.4, 0.5) is 4.79 Å². The Morgan fingerprint density at radius 1 is 0.822 bits per heavy atom. The van der Waals surface area contributed by atoms with Crippen LogP contribution in [-0.2, 0) is 27.2 Å². The molecule has 9 N–H and O–H groups in total. The van der Waals surface area contributed by atoms with Gasteiger partial charge in [0.05, 0.1) is 30.9 Å². The Bertz CT molecular complexity index is 1180. The molecule has 3 amide bonds. The van der Waals surface area contributed by atoms with Crippen LogP contribution in [0, 0.1) is 5.92 Å². The zero-order valence-electron chi connectivity index (χ0n) is 26.9. The first-order valence-electron chi connectivity index (χ1n) is 15.3. The third-order valence-electron chi connectivity index (χ3n) is 7.12. The van der Waals surface area contributed by atoms with Gasteiger partial charge in [0.2, 0.25) is 11.8 Å². The lowest BCUT2D eigenvalue weighted by atomic mass is 9.96. The van der Waals surface area contributed by atoms with Crippen molar-refractivity contribution in [3.8, 4) is 0 Å². The monoisotopic (exact) mass is 629 g/mol. The van der Waals surface area contributed by atoms with Crippen molar-refractivity contribution in [3.05, 3.63) is 71.8 Å². The van der Waals surface area contributed by atoms with Crippen molar-refractivity contribution in [3.63, 3.8) is 0 Å². The molecule has 250 valence electrons. The van der Waals surface area contributed by atoms with Gasteiger partial charge in [-0.05, 0) is 50.7 Å². The van der Waals surface area contributed by atoms with E-state index in [1.807, 2.05) is 74.5 Å². The first-order chi connectivity index (χ1) is 21.2. The number of carbonyl (C=O) groups excluding carboxylic acids is 3. The molecule has 0 saturated carbocycles. The molecule has 2 aromatic rings. The van der Waals surface area contributed by atoms with Gasteiger partial charge >= 0.3 is 6.09 Å². The summed E-state index contributed by atoms with van der Waals surface area (Å²) in [6, 6.07) is 15.6. The number of nitrogens with two attached hydrogens (primary N) is 1. The number of aliphatic hydroxyl groups is 3. The van der Waals surface area contributed by atoms with Gasteiger partial charge in [-0.15, -0.1) is 0 Å². The van der Waals surface area contributed by atoms with E-state index in [0.717, 1.165) is 11.1 Å². The molecule has 0 aromatic heterocycles. The van der Waals surface area contributed by atoms with Crippen LogP contribution in [0.1, 0.15) is 45.7 Å². The van der Waals surface area contributed by atoms with Gasteiger partial charge in [0, 0.05) is 19.1 Å². The maximum Gasteiger partial charge on any atom is 0.407 e. The molecular formula is C33H51N5O7. The van der Waals surface area contributed by atoms with Crippen LogP contribution in [0.2, 0.25) is 0 Å². The predicted octanol–water partition coefficient (Wildman–Crippen LogP) is 0.622. The molecule has 0 saturated heterocycles. The average molecular weight is 630 g/mol. The zero-order valence-corrected chi connectivity index (χ0v) is 26.9. The molecule has 2 unspecified atom stereocenters. The fourth-order valence-corrected chi connectivity index (χ4v) is 4.72. The lowest BCUT2D eigenvalue weighted by Crippen LogP contribution is -2.59. The van der Waals surface area contributed by atoms with Crippen LogP contribution in [0.15, 0.2) is 60.7 Å². The van der Waals surface area contributed by atoms with Crippen molar-refractivity contribution in [2.24, 2.45) is 11.7 Å². The van der Waals surface area contributed by atoms with Crippen molar-refractivity contribution in [1.82, 2.24) is 21.3 Å². The van der Waals surface area contributed by atoms with Gasteiger partial charge in [0.15, 0.2) is 0 Å². The van der Waals surface area contributed by atoms with Crippen molar-refractivity contribution in [2.45, 2.75) is 89.4 Å². The van der Waals surface area contributed by atoms with E-state index in [4.69, 9.17) is 10.5 Å². The number of aliphatic hydroxyl groups excluding tert-OH is 3. The van der Waals surface area contributed by atoms with Crippen LogP contribution >= 0.6 is 0 Å². The second-order valence-electron chi connectivity index (χ2n) is 12.6. The zero-order chi connectivity index (χ0) is 33.6. The summed E-state index contributed by atoms with van der Waals surface area (Å²) in [5.41, 5.74) is 6.42. The largest absolute Gasteiger partial charge is 0.444 e. The van der Waals surface area contributed by atoms with Gasteiger partial charge in [0.25, 0.3) is 0 Å². The third kappa shape index (κ3) is 14.0. The number of hydrogen-bond donors (Lipinski definition) is 8. The van der Waals surface area contributed by atoms with E-state index in [9.17, 15) is 29.7 Å². The summed E-state index contributed by atoms with van der Waals surface area (Å²) in [7, 11) is 0. The van der Waals surface area contributed by atoms with E-state index < -0.39 is 66.5 Å². The number of benzene rings is 2. The van der Waals surface area contributed by atoms with Gasteiger partial charge < -0.3 is 41.7 Å². The second-order valence-corrected chi connectivity index (χ2v) is 12.6. The molecule has 2 rings (SSSR count). The van der Waals surface area contributed by atoms with E-state index in [0.29, 0.717) is 12.8 Å². The maximum atomic E-state index is 13.1. The van der Waals surface area contributed by atoms with Crippen molar-refractivity contribution in [1.29, 1.82) is 0 Å². The summed E-state index contributed by atoms with van der Waals surface area (Å²) in [6.07, 6.45) is -1.95. The van der Waals surface area contributed by atoms with E-state index in [-0.39, 0.29) is 19.0 Å². The summed E-state index contributed by atoms with van der Waals surface area (Å²) in [6.45, 7) is 8.38. The molecule has 12 nitrogen and oxygen atoms in total. The van der Waals surface area contributed by atoms with E-state index in [2.05, 4.69) is 21.3 Å². The van der Waals surface area contributed by atoms with E-state index in [1.165, 1.54) is 0 Å². The fraction of sp³-hybridized carbons (Fsp3) is 0.545. The molecule has 12 heteroatoms. The second kappa shape index (κ2) is 18.4. The quantitative estimate of drug-likeness (QED) is 0.117. The first-order valence-corrected chi connectivity index (χ1v) is 15.3. The molecule has 0 spiro atoms. The van der Waals surface area contributed by atoms with E-state index >= 15 is 0 Å². The highest BCUT2D eigenvalue weighted by atomic mass is 16.6. The van der Waals surface area contributed by atoms with Crippen molar-refractivity contribution < 1.29 is 34.4 Å². The van der Waals surface area contributed by atoms with E-state index in [1.54, 1.807) is 20.8 Å². The molecule has 0 aliphatic heterocycles. The molecule has 0 aliphatic carbocycles. The third-order valence-corrected chi connectivity index (χ3v) is 7.12. The van der Waals surface area contributed by atoms with Gasteiger partial charge in [0.1, 0.15) is 11.6 Å². The van der Waals surface area contributed by atoms with Crippen LogP contribution in [0.3, 0.4) is 0 Å². The lowest BCUT2D eigenvalue weighted by Gasteiger charge is -2.32. The topological polar surface area (TPSA) is 195 Å². The minimum absolute atomic E-state index is 0.0489. The van der Waals surface area contributed by atoms with Crippen molar-refractivity contribution in [2.75, 3.05) is 19.7 Å². The highest BCUT2D eigenvalue weighted by Crippen LogP contribution is 2.13.